The molecule has 0 bridgehead atoms. The van der Waals surface area contributed by atoms with Gasteiger partial charge in [0.05, 0.1) is 0 Å². The largest absolute Gasteiger partial charge is 0.379 e. The molecular weight excluding hydrogens is 300 g/mol. The highest BCUT2D eigenvalue weighted by atomic mass is 32.2. The number of unbranched alkanes of at least 4 members (excludes halogenated alkanes) is 9. The standard InChI is InChI=1S/C21H34OS/c1-2-3-4-5-6-7-8-9-10-14-19-23-21(22)18-17-20-15-12-11-13-16-20/h11-13,15-18,21-22H,2-10,14,19H2,1H3/b18-17-. The molecule has 0 aliphatic carbocycles. The van der Waals surface area contributed by atoms with Crippen molar-refractivity contribution in [1.82, 2.24) is 0 Å². The smallest absolute Gasteiger partial charge is 0.118 e. The van der Waals surface area contributed by atoms with Crippen LogP contribution in [0.1, 0.15) is 76.7 Å². The van der Waals surface area contributed by atoms with Gasteiger partial charge in [0.25, 0.3) is 0 Å². The fourth-order valence-electron chi connectivity index (χ4n) is 2.61. The highest BCUT2D eigenvalue weighted by molar-refractivity contribution is 7.99. The Morgan fingerprint density at radius 1 is 0.870 bits per heavy atom. The van der Waals surface area contributed by atoms with Gasteiger partial charge in [0, 0.05) is 0 Å². The van der Waals surface area contributed by atoms with Crippen LogP contribution < -0.4 is 0 Å². The van der Waals surface area contributed by atoms with Gasteiger partial charge in [0.15, 0.2) is 0 Å². The van der Waals surface area contributed by atoms with E-state index in [0.717, 1.165) is 11.3 Å². The number of benzene rings is 1. The van der Waals surface area contributed by atoms with E-state index in [-0.39, 0.29) is 5.44 Å². The van der Waals surface area contributed by atoms with Crippen molar-refractivity contribution in [2.75, 3.05) is 5.75 Å². The second kappa shape index (κ2) is 14.8. The van der Waals surface area contributed by atoms with Crippen molar-refractivity contribution in [3.8, 4) is 0 Å². The van der Waals surface area contributed by atoms with Crippen LogP contribution >= 0.6 is 11.8 Å². The Labute approximate surface area is 147 Å². The van der Waals surface area contributed by atoms with Crippen LogP contribution in [0, 0.1) is 0 Å². The average Bonchev–Trinajstić information content (AvgIpc) is 2.59. The maximum Gasteiger partial charge on any atom is 0.118 e. The summed E-state index contributed by atoms with van der Waals surface area (Å²) >= 11 is 1.64. The lowest BCUT2D eigenvalue weighted by atomic mass is 10.1. The Balaban J connectivity index is 1.89. The van der Waals surface area contributed by atoms with Crippen LogP contribution in [-0.4, -0.2) is 16.3 Å². The summed E-state index contributed by atoms with van der Waals surface area (Å²) in [6.07, 6.45) is 17.5. The lowest BCUT2D eigenvalue weighted by Crippen LogP contribution is -1.97. The molecule has 0 amide bonds. The minimum Gasteiger partial charge on any atom is -0.379 e. The number of aliphatic hydroxyl groups excluding tert-OH is 1. The summed E-state index contributed by atoms with van der Waals surface area (Å²) in [5.74, 6) is 1.05. The molecule has 0 aromatic heterocycles. The van der Waals surface area contributed by atoms with Gasteiger partial charge in [0.2, 0.25) is 0 Å². The quantitative estimate of drug-likeness (QED) is 0.303. The summed E-state index contributed by atoms with van der Waals surface area (Å²) < 4.78 is 0. The first-order chi connectivity index (χ1) is 11.3. The van der Waals surface area contributed by atoms with Gasteiger partial charge in [-0.25, -0.2) is 0 Å². The number of rotatable bonds is 14. The number of thioether (sulfide) groups is 1. The van der Waals surface area contributed by atoms with Crippen molar-refractivity contribution in [2.45, 2.75) is 76.6 Å². The molecule has 0 saturated heterocycles. The second-order valence-corrected chi connectivity index (χ2v) is 7.44. The fraction of sp³-hybridized carbons (Fsp3) is 0.619. The van der Waals surface area contributed by atoms with Gasteiger partial charge in [-0.3, -0.25) is 0 Å². The Kier molecular flexibility index (Phi) is 13.1. The van der Waals surface area contributed by atoms with Crippen LogP contribution in [-0.2, 0) is 0 Å². The Bertz CT molecular complexity index is 388. The zero-order chi connectivity index (χ0) is 16.6. The lowest BCUT2D eigenvalue weighted by molar-refractivity contribution is 0.310. The Morgan fingerprint density at radius 2 is 1.43 bits per heavy atom. The van der Waals surface area contributed by atoms with E-state index < -0.39 is 0 Å². The highest BCUT2D eigenvalue weighted by Gasteiger charge is 1.99. The molecule has 1 rings (SSSR count). The van der Waals surface area contributed by atoms with E-state index in [1.807, 2.05) is 30.4 Å². The third kappa shape index (κ3) is 12.4. The zero-order valence-electron chi connectivity index (χ0n) is 14.8. The fourth-order valence-corrected chi connectivity index (χ4v) is 3.41. The lowest BCUT2D eigenvalue weighted by Gasteiger charge is -2.06. The molecule has 1 atom stereocenters. The Morgan fingerprint density at radius 3 is 2.04 bits per heavy atom. The van der Waals surface area contributed by atoms with Gasteiger partial charge < -0.3 is 5.11 Å². The molecule has 0 aliphatic rings. The van der Waals surface area contributed by atoms with Gasteiger partial charge in [-0.2, -0.15) is 0 Å². The van der Waals surface area contributed by atoms with Crippen molar-refractivity contribution in [3.63, 3.8) is 0 Å². The van der Waals surface area contributed by atoms with Crippen LogP contribution in [0.25, 0.3) is 6.08 Å². The van der Waals surface area contributed by atoms with Gasteiger partial charge in [0.1, 0.15) is 5.44 Å². The van der Waals surface area contributed by atoms with E-state index >= 15 is 0 Å². The van der Waals surface area contributed by atoms with Gasteiger partial charge in [-0.1, -0.05) is 101 Å². The maximum absolute atomic E-state index is 9.93. The molecule has 130 valence electrons. The zero-order valence-corrected chi connectivity index (χ0v) is 15.6. The normalized spacial score (nSPS) is 12.8. The van der Waals surface area contributed by atoms with E-state index in [0.29, 0.717) is 0 Å². The van der Waals surface area contributed by atoms with E-state index in [2.05, 4.69) is 19.1 Å². The SMILES string of the molecule is CCCCCCCCCCCCSC(O)/C=C\c1ccccc1. The predicted molar refractivity (Wildman–Crippen MR) is 106 cm³/mol. The van der Waals surface area contributed by atoms with E-state index in [1.54, 1.807) is 11.8 Å². The minimum atomic E-state index is -0.381. The number of aliphatic hydroxyl groups is 1. The van der Waals surface area contributed by atoms with Crippen molar-refractivity contribution < 1.29 is 5.11 Å². The van der Waals surface area contributed by atoms with Crippen LogP contribution in [0.4, 0.5) is 0 Å². The molecule has 0 aliphatic heterocycles. The summed E-state index contributed by atoms with van der Waals surface area (Å²) in [5, 5.41) is 9.93. The summed E-state index contributed by atoms with van der Waals surface area (Å²) in [5.41, 5.74) is 0.764. The first-order valence-corrected chi connectivity index (χ1v) is 10.4. The maximum atomic E-state index is 9.93. The molecular formula is C21H34OS. The number of hydrogen-bond acceptors (Lipinski definition) is 2. The summed E-state index contributed by atoms with van der Waals surface area (Å²) in [6.45, 7) is 2.27. The third-order valence-electron chi connectivity index (χ3n) is 4.04. The summed E-state index contributed by atoms with van der Waals surface area (Å²) in [6, 6.07) is 10.1. The van der Waals surface area contributed by atoms with Crippen molar-refractivity contribution in [1.29, 1.82) is 0 Å². The molecule has 1 nitrogen and oxygen atoms in total. The van der Waals surface area contributed by atoms with Gasteiger partial charge >= 0.3 is 0 Å². The Hall–Kier alpha value is -0.730. The van der Waals surface area contributed by atoms with Gasteiger partial charge in [-0.05, 0) is 23.8 Å². The summed E-state index contributed by atoms with van der Waals surface area (Å²) in [4.78, 5) is 0. The van der Waals surface area contributed by atoms with E-state index in [4.69, 9.17) is 0 Å². The van der Waals surface area contributed by atoms with Crippen LogP contribution in [0.15, 0.2) is 36.4 Å². The molecule has 0 spiro atoms. The van der Waals surface area contributed by atoms with E-state index in [1.165, 1.54) is 64.2 Å². The van der Waals surface area contributed by atoms with Crippen LogP contribution in [0.2, 0.25) is 0 Å². The molecule has 0 heterocycles. The molecule has 1 unspecified atom stereocenters. The van der Waals surface area contributed by atoms with Crippen molar-refractivity contribution in [3.05, 3.63) is 42.0 Å². The van der Waals surface area contributed by atoms with Crippen LogP contribution in [0.3, 0.4) is 0 Å². The molecule has 0 saturated carbocycles. The van der Waals surface area contributed by atoms with Crippen molar-refractivity contribution in [2.24, 2.45) is 0 Å². The minimum absolute atomic E-state index is 0.381. The first kappa shape index (κ1) is 20.3. The number of hydrogen-bond donors (Lipinski definition) is 1. The molecule has 2 heteroatoms. The van der Waals surface area contributed by atoms with Crippen molar-refractivity contribution >= 4 is 17.8 Å². The van der Waals surface area contributed by atoms with Gasteiger partial charge in [-0.15, -0.1) is 11.8 Å². The molecule has 1 aromatic carbocycles. The first-order valence-electron chi connectivity index (χ1n) is 9.36. The molecule has 23 heavy (non-hydrogen) atoms. The topological polar surface area (TPSA) is 20.2 Å². The molecule has 1 N–H and O–H groups in total. The average molecular weight is 335 g/mol. The monoisotopic (exact) mass is 334 g/mol. The third-order valence-corrected chi connectivity index (χ3v) is 5.06. The molecule has 1 aromatic rings. The van der Waals surface area contributed by atoms with E-state index in [9.17, 15) is 5.11 Å². The highest BCUT2D eigenvalue weighted by Crippen LogP contribution is 2.16. The summed E-state index contributed by atoms with van der Waals surface area (Å²) in [7, 11) is 0. The second-order valence-electron chi connectivity index (χ2n) is 6.21. The predicted octanol–water partition coefficient (Wildman–Crippen LogP) is 6.67. The molecule has 0 radical (unpaired) electrons. The molecule has 0 fully saturated rings. The van der Waals surface area contributed by atoms with Crippen LogP contribution in [0.5, 0.6) is 0 Å².